The molecule has 1 atom stereocenters. The Kier molecular flexibility index (Phi) is 2.45. The summed E-state index contributed by atoms with van der Waals surface area (Å²) in [7, 11) is 0. The van der Waals surface area contributed by atoms with Gasteiger partial charge in [0.15, 0.2) is 0 Å². The van der Waals surface area contributed by atoms with Crippen LogP contribution in [0.4, 0.5) is 0 Å². The van der Waals surface area contributed by atoms with Gasteiger partial charge in [-0.2, -0.15) is 0 Å². The topological polar surface area (TPSA) is 9.23 Å². The molecule has 0 fully saturated rings. The Bertz CT molecular complexity index is 542. The summed E-state index contributed by atoms with van der Waals surface area (Å²) in [5.41, 5.74) is 3.67. The van der Waals surface area contributed by atoms with Gasteiger partial charge >= 0.3 is 0 Å². The quantitative estimate of drug-likeness (QED) is 0.709. The van der Waals surface area contributed by atoms with Crippen LogP contribution in [0.2, 0.25) is 0 Å². The standard InChI is InChI=1S/C16H14O/c1-12-15-10-6-5-9-14(15)11-16(17-12)13-7-3-2-4-8-13/h2-10,16H,1,11H2. The maximum atomic E-state index is 5.90. The van der Waals surface area contributed by atoms with Gasteiger partial charge in [0.25, 0.3) is 0 Å². The lowest BCUT2D eigenvalue weighted by Crippen LogP contribution is -2.14. The van der Waals surface area contributed by atoms with Crippen molar-refractivity contribution in [2.45, 2.75) is 12.5 Å². The molecule has 84 valence electrons. The molecule has 2 aromatic rings. The van der Waals surface area contributed by atoms with Crippen molar-refractivity contribution >= 4 is 5.76 Å². The van der Waals surface area contributed by atoms with Gasteiger partial charge in [0, 0.05) is 12.0 Å². The van der Waals surface area contributed by atoms with Crippen LogP contribution < -0.4 is 0 Å². The summed E-state index contributed by atoms with van der Waals surface area (Å²) in [6, 6.07) is 18.6. The third-order valence-electron chi connectivity index (χ3n) is 3.18. The van der Waals surface area contributed by atoms with Crippen molar-refractivity contribution in [2.75, 3.05) is 0 Å². The molecular weight excluding hydrogens is 208 g/mol. The third-order valence-corrected chi connectivity index (χ3v) is 3.18. The van der Waals surface area contributed by atoms with E-state index in [1.54, 1.807) is 0 Å². The van der Waals surface area contributed by atoms with E-state index in [1.165, 1.54) is 11.1 Å². The van der Waals surface area contributed by atoms with Gasteiger partial charge in [-0.25, -0.2) is 0 Å². The van der Waals surface area contributed by atoms with Crippen LogP contribution in [-0.2, 0) is 11.2 Å². The van der Waals surface area contributed by atoms with Crippen molar-refractivity contribution in [1.82, 2.24) is 0 Å². The van der Waals surface area contributed by atoms with Crippen molar-refractivity contribution in [3.05, 3.63) is 77.9 Å². The summed E-state index contributed by atoms with van der Waals surface area (Å²) in [6.07, 6.45) is 1.01. The van der Waals surface area contributed by atoms with E-state index in [2.05, 4.69) is 36.9 Å². The molecule has 0 N–H and O–H groups in total. The van der Waals surface area contributed by atoms with Crippen LogP contribution in [0.3, 0.4) is 0 Å². The Labute approximate surface area is 101 Å². The first kappa shape index (κ1) is 10.2. The molecule has 0 amide bonds. The molecule has 2 aromatic carbocycles. The SMILES string of the molecule is C=C1OC(c2ccccc2)Cc2ccccc21. The van der Waals surface area contributed by atoms with Gasteiger partial charge < -0.3 is 4.74 Å². The lowest BCUT2D eigenvalue weighted by atomic mass is 9.94. The minimum atomic E-state index is 0.0959. The molecule has 0 saturated carbocycles. The van der Waals surface area contributed by atoms with Crippen LogP contribution in [0.15, 0.2) is 61.2 Å². The average Bonchev–Trinajstić information content (AvgIpc) is 2.40. The van der Waals surface area contributed by atoms with Gasteiger partial charge in [-0.05, 0) is 11.1 Å². The minimum absolute atomic E-state index is 0.0959. The Morgan fingerprint density at radius 2 is 1.65 bits per heavy atom. The van der Waals surface area contributed by atoms with Gasteiger partial charge in [-0.1, -0.05) is 61.2 Å². The predicted molar refractivity (Wildman–Crippen MR) is 69.4 cm³/mol. The molecule has 17 heavy (non-hydrogen) atoms. The molecule has 1 unspecified atom stereocenters. The summed E-state index contributed by atoms with van der Waals surface area (Å²) >= 11 is 0. The molecule has 1 aliphatic rings. The van der Waals surface area contributed by atoms with Gasteiger partial charge in [-0.15, -0.1) is 0 Å². The zero-order chi connectivity index (χ0) is 11.7. The smallest absolute Gasteiger partial charge is 0.128 e. The van der Waals surface area contributed by atoms with E-state index >= 15 is 0 Å². The van der Waals surface area contributed by atoms with Crippen molar-refractivity contribution in [2.24, 2.45) is 0 Å². The number of hydrogen-bond acceptors (Lipinski definition) is 1. The van der Waals surface area contributed by atoms with Crippen LogP contribution in [0.1, 0.15) is 22.8 Å². The molecule has 0 bridgehead atoms. The van der Waals surface area contributed by atoms with Gasteiger partial charge in [0.1, 0.15) is 11.9 Å². The molecule has 0 saturated heterocycles. The molecule has 0 radical (unpaired) electrons. The van der Waals surface area contributed by atoms with Gasteiger partial charge in [-0.3, -0.25) is 0 Å². The van der Waals surface area contributed by atoms with Gasteiger partial charge in [0.05, 0.1) is 0 Å². The third kappa shape index (κ3) is 1.84. The number of ether oxygens (including phenoxy) is 1. The fourth-order valence-electron chi connectivity index (χ4n) is 2.30. The van der Waals surface area contributed by atoms with Crippen LogP contribution in [0.5, 0.6) is 0 Å². The van der Waals surface area contributed by atoms with Crippen LogP contribution >= 0.6 is 0 Å². The van der Waals surface area contributed by atoms with E-state index in [4.69, 9.17) is 4.74 Å². The Balaban J connectivity index is 1.97. The van der Waals surface area contributed by atoms with E-state index in [0.717, 1.165) is 17.7 Å². The predicted octanol–water partition coefficient (Wildman–Crippen LogP) is 3.97. The second-order valence-corrected chi connectivity index (χ2v) is 4.30. The van der Waals surface area contributed by atoms with Crippen LogP contribution in [-0.4, -0.2) is 0 Å². The maximum absolute atomic E-state index is 5.90. The highest BCUT2D eigenvalue weighted by atomic mass is 16.5. The fourth-order valence-corrected chi connectivity index (χ4v) is 2.30. The van der Waals surface area contributed by atoms with Gasteiger partial charge in [0.2, 0.25) is 0 Å². The van der Waals surface area contributed by atoms with Crippen molar-refractivity contribution in [3.63, 3.8) is 0 Å². The average molecular weight is 222 g/mol. The Morgan fingerprint density at radius 3 is 2.47 bits per heavy atom. The highest BCUT2D eigenvalue weighted by Gasteiger charge is 2.22. The largest absolute Gasteiger partial charge is 0.485 e. The Hall–Kier alpha value is -2.02. The fraction of sp³-hybridized carbons (Fsp3) is 0.125. The first-order valence-corrected chi connectivity index (χ1v) is 5.83. The van der Waals surface area contributed by atoms with E-state index in [1.807, 2.05) is 24.3 Å². The molecule has 3 rings (SSSR count). The molecule has 1 aliphatic heterocycles. The van der Waals surface area contributed by atoms with Crippen LogP contribution in [0.25, 0.3) is 5.76 Å². The van der Waals surface area contributed by atoms with Crippen LogP contribution in [0, 0.1) is 0 Å². The summed E-state index contributed by atoms with van der Waals surface area (Å²) in [4.78, 5) is 0. The normalized spacial score (nSPS) is 18.4. The van der Waals surface area contributed by atoms with Crippen molar-refractivity contribution in [1.29, 1.82) is 0 Å². The first-order chi connectivity index (χ1) is 8.34. The molecule has 0 aliphatic carbocycles. The lowest BCUT2D eigenvalue weighted by Gasteiger charge is -2.28. The number of fused-ring (bicyclic) bond motifs is 1. The molecule has 1 heteroatoms. The highest BCUT2D eigenvalue weighted by Crippen LogP contribution is 2.35. The lowest BCUT2D eigenvalue weighted by molar-refractivity contribution is 0.160. The monoisotopic (exact) mass is 222 g/mol. The first-order valence-electron chi connectivity index (χ1n) is 5.83. The highest BCUT2D eigenvalue weighted by molar-refractivity contribution is 5.63. The Morgan fingerprint density at radius 1 is 0.941 bits per heavy atom. The summed E-state index contributed by atoms with van der Waals surface area (Å²) in [5, 5.41) is 0. The number of hydrogen-bond donors (Lipinski definition) is 0. The number of rotatable bonds is 1. The minimum Gasteiger partial charge on any atom is -0.485 e. The summed E-state index contributed by atoms with van der Waals surface area (Å²) < 4.78 is 5.90. The molecule has 1 heterocycles. The second-order valence-electron chi connectivity index (χ2n) is 4.30. The maximum Gasteiger partial charge on any atom is 0.128 e. The van der Waals surface area contributed by atoms with Crippen molar-refractivity contribution in [3.8, 4) is 0 Å². The van der Waals surface area contributed by atoms with E-state index in [9.17, 15) is 0 Å². The molecule has 0 spiro atoms. The van der Waals surface area contributed by atoms with Crippen molar-refractivity contribution < 1.29 is 4.74 Å². The zero-order valence-electron chi connectivity index (χ0n) is 9.60. The van der Waals surface area contributed by atoms with E-state index in [0.29, 0.717) is 0 Å². The second kappa shape index (κ2) is 4.10. The van der Waals surface area contributed by atoms with E-state index < -0.39 is 0 Å². The summed E-state index contributed by atoms with van der Waals surface area (Å²) in [5.74, 6) is 0.778. The molecular formula is C16H14O. The zero-order valence-corrected chi connectivity index (χ0v) is 9.60. The molecule has 0 aromatic heterocycles. The number of benzene rings is 2. The molecule has 1 nitrogen and oxygen atoms in total. The summed E-state index contributed by atoms with van der Waals surface area (Å²) in [6.45, 7) is 4.01. The van der Waals surface area contributed by atoms with E-state index in [-0.39, 0.29) is 6.10 Å².